The second-order valence-electron chi connectivity index (χ2n) is 9.59. The fourth-order valence-electron chi connectivity index (χ4n) is 4.90. The number of nitrogens with one attached hydrogen (secondary N) is 4. The number of carbonyl (C=O) groups excluding carboxylic acids is 1. The molecule has 2 aromatic carbocycles. The number of hydrogen-bond donors (Lipinski definition) is 3. The normalized spacial score (nSPS) is 16.0. The van der Waals surface area contributed by atoms with Crippen LogP contribution in [0, 0.1) is 11.6 Å². The van der Waals surface area contributed by atoms with E-state index in [1.807, 2.05) is 18.2 Å². The van der Waals surface area contributed by atoms with Crippen LogP contribution in [0.5, 0.6) is 0 Å². The molecule has 0 amide bonds. The molecular formula is C27H29F2N6O3S+. The zero-order valence-corrected chi connectivity index (χ0v) is 22.1. The van der Waals surface area contributed by atoms with Crippen molar-refractivity contribution in [1.82, 2.24) is 14.9 Å². The molecule has 1 aliphatic rings. The van der Waals surface area contributed by atoms with E-state index in [9.17, 15) is 17.6 Å². The lowest BCUT2D eigenvalue weighted by atomic mass is 10.0. The van der Waals surface area contributed by atoms with Gasteiger partial charge in [-0.3, -0.25) is 14.4 Å². The number of aromatic amines is 2. The zero-order chi connectivity index (χ0) is 27.6. The van der Waals surface area contributed by atoms with Gasteiger partial charge in [-0.05, 0) is 30.5 Å². The van der Waals surface area contributed by atoms with Crippen LogP contribution in [-0.2, 0) is 16.6 Å². The molecule has 4 N–H and O–H groups in total. The Morgan fingerprint density at radius 3 is 2.77 bits per heavy atom. The van der Waals surface area contributed by atoms with Gasteiger partial charge in [0.25, 0.3) is 0 Å². The minimum Gasteiger partial charge on any atom is -0.332 e. The van der Waals surface area contributed by atoms with Crippen molar-refractivity contribution in [1.29, 1.82) is 0 Å². The average molecular weight is 556 g/mol. The molecule has 1 saturated heterocycles. The van der Waals surface area contributed by atoms with E-state index in [1.54, 1.807) is 6.92 Å². The van der Waals surface area contributed by atoms with Crippen molar-refractivity contribution in [2.24, 2.45) is 0 Å². The standard InChI is InChI=1S/C27H28F2N6O3S/c1-2-12-39(37,38)34-21-9-8-20(28)23(24(21)29)25(36)19-13-30-26-22(19)27(32-16-31-26)33-18-10-11-35(15-18)14-17-6-4-3-5-7-17/h3-9,13,16,18,34H,2,10-12,14-15H2,1H3,(H2,30,31,32,33)/p+1. The zero-order valence-electron chi connectivity index (χ0n) is 21.3. The van der Waals surface area contributed by atoms with Crippen molar-refractivity contribution in [2.45, 2.75) is 32.4 Å². The van der Waals surface area contributed by atoms with Gasteiger partial charge in [-0.25, -0.2) is 22.2 Å². The van der Waals surface area contributed by atoms with Crippen LogP contribution in [0.4, 0.5) is 20.3 Å². The summed E-state index contributed by atoms with van der Waals surface area (Å²) in [6.45, 7) is 4.13. The quantitative estimate of drug-likeness (QED) is 0.257. The topological polar surface area (TPSA) is 121 Å². The predicted molar refractivity (Wildman–Crippen MR) is 144 cm³/mol. The molecule has 0 aliphatic carbocycles. The molecule has 39 heavy (non-hydrogen) atoms. The Hall–Kier alpha value is -3.90. The summed E-state index contributed by atoms with van der Waals surface area (Å²) in [6, 6.07) is 12.1. The summed E-state index contributed by atoms with van der Waals surface area (Å²) >= 11 is 0. The molecule has 1 unspecified atom stereocenters. The maximum atomic E-state index is 15.4. The number of benzene rings is 2. The molecule has 9 nitrogen and oxygen atoms in total. The van der Waals surface area contributed by atoms with Crippen LogP contribution in [0.3, 0.4) is 0 Å². The molecule has 0 spiro atoms. The van der Waals surface area contributed by atoms with Gasteiger partial charge in [0, 0.05) is 25.8 Å². The first-order valence-electron chi connectivity index (χ1n) is 12.7. The number of aromatic nitrogens is 3. The number of anilines is 2. The Balaban J connectivity index is 1.41. The third-order valence-corrected chi connectivity index (χ3v) is 8.16. The molecule has 2 aromatic heterocycles. The van der Waals surface area contributed by atoms with E-state index in [0.717, 1.165) is 38.2 Å². The number of fused-ring (bicyclic) bond motifs is 1. The van der Waals surface area contributed by atoms with Gasteiger partial charge < -0.3 is 10.3 Å². The lowest BCUT2D eigenvalue weighted by Crippen LogP contribution is -2.29. The van der Waals surface area contributed by atoms with E-state index in [2.05, 4.69) is 42.0 Å². The second kappa shape index (κ2) is 11.1. The van der Waals surface area contributed by atoms with Crippen molar-refractivity contribution in [3.8, 4) is 0 Å². The third-order valence-electron chi connectivity index (χ3n) is 6.68. The van der Waals surface area contributed by atoms with Crippen LogP contribution < -0.4 is 15.0 Å². The average Bonchev–Trinajstić information content (AvgIpc) is 3.54. The van der Waals surface area contributed by atoms with Gasteiger partial charge in [0.1, 0.15) is 11.2 Å². The van der Waals surface area contributed by atoms with Gasteiger partial charge in [-0.2, -0.15) is 0 Å². The van der Waals surface area contributed by atoms with Crippen LogP contribution in [-0.4, -0.2) is 54.0 Å². The first-order chi connectivity index (χ1) is 18.8. The maximum absolute atomic E-state index is 15.4. The molecule has 1 aliphatic heterocycles. The highest BCUT2D eigenvalue weighted by atomic mass is 32.2. The van der Waals surface area contributed by atoms with E-state index in [-0.39, 0.29) is 17.4 Å². The molecule has 12 heteroatoms. The van der Waals surface area contributed by atoms with Crippen LogP contribution in [0.25, 0.3) is 11.0 Å². The minimum absolute atomic E-state index is 0.00218. The van der Waals surface area contributed by atoms with Crippen molar-refractivity contribution >= 4 is 38.3 Å². The molecule has 0 bridgehead atoms. The summed E-state index contributed by atoms with van der Waals surface area (Å²) in [5.41, 5.74) is 0.248. The van der Waals surface area contributed by atoms with E-state index in [1.165, 1.54) is 18.1 Å². The molecule has 204 valence electrons. The molecular weight excluding hydrogens is 526 g/mol. The number of H-pyrrole nitrogens is 2. The smallest absolute Gasteiger partial charge is 0.232 e. The third kappa shape index (κ3) is 5.76. The Labute approximate surface area is 224 Å². The maximum Gasteiger partial charge on any atom is 0.232 e. The number of likely N-dealkylation sites (tertiary alicyclic amines) is 1. The van der Waals surface area contributed by atoms with Crippen LogP contribution >= 0.6 is 0 Å². The van der Waals surface area contributed by atoms with E-state index in [4.69, 9.17) is 0 Å². The number of sulfonamides is 1. The summed E-state index contributed by atoms with van der Waals surface area (Å²) in [6.07, 6.45) is 3.99. The Morgan fingerprint density at radius 2 is 2.00 bits per heavy atom. The lowest BCUT2D eigenvalue weighted by molar-refractivity contribution is -0.364. The number of carbonyl (C=O) groups is 1. The van der Waals surface area contributed by atoms with Crippen LogP contribution in [0.15, 0.2) is 55.0 Å². The fourth-order valence-corrected chi connectivity index (χ4v) is 6.03. The van der Waals surface area contributed by atoms with Gasteiger partial charge in [-0.1, -0.05) is 42.2 Å². The molecule has 0 saturated carbocycles. The van der Waals surface area contributed by atoms with Gasteiger partial charge >= 0.3 is 0 Å². The molecule has 0 radical (unpaired) electrons. The molecule has 4 aromatic rings. The molecule has 1 fully saturated rings. The summed E-state index contributed by atoms with van der Waals surface area (Å²) in [4.78, 5) is 26.0. The highest BCUT2D eigenvalue weighted by Gasteiger charge is 2.30. The van der Waals surface area contributed by atoms with Gasteiger partial charge in [0.05, 0.1) is 28.6 Å². The van der Waals surface area contributed by atoms with Crippen molar-refractivity contribution in [3.63, 3.8) is 0 Å². The predicted octanol–water partition coefficient (Wildman–Crippen LogP) is 3.72. The molecule has 1 atom stereocenters. The summed E-state index contributed by atoms with van der Waals surface area (Å²) in [7, 11) is -3.85. The summed E-state index contributed by atoms with van der Waals surface area (Å²) < 4.78 is 56.6. The fraction of sp³-hybridized carbons (Fsp3) is 0.296. The number of nitrogens with zero attached hydrogens (tertiary/aromatic N) is 2. The SMILES string of the molecule is CCCS(=O)(=O)Nc1ccc(F)c(C(=O)c2c[nH]c3nc[nH+]c(NC4CCN(Cc5ccccc5)C4)c23)c1F. The first kappa shape index (κ1) is 26.7. The largest absolute Gasteiger partial charge is 0.332 e. The number of rotatable bonds is 10. The number of hydrogen-bond acceptors (Lipinski definition) is 6. The van der Waals surface area contributed by atoms with Crippen molar-refractivity contribution < 1.29 is 27.0 Å². The van der Waals surface area contributed by atoms with Gasteiger partial charge in [-0.15, -0.1) is 0 Å². The van der Waals surface area contributed by atoms with Gasteiger partial charge in [0.2, 0.25) is 33.6 Å². The highest BCUT2D eigenvalue weighted by Crippen LogP contribution is 2.30. The second-order valence-corrected chi connectivity index (χ2v) is 11.4. The Kier molecular flexibility index (Phi) is 7.58. The lowest BCUT2D eigenvalue weighted by Gasteiger charge is -2.15. The minimum atomic E-state index is -3.85. The van der Waals surface area contributed by atoms with Crippen molar-refractivity contribution in [3.05, 3.63) is 83.3 Å². The first-order valence-corrected chi connectivity index (χ1v) is 14.3. The number of halogens is 2. The van der Waals surface area contributed by atoms with Crippen LogP contribution in [0.2, 0.25) is 0 Å². The van der Waals surface area contributed by atoms with Gasteiger partial charge in [0.15, 0.2) is 5.82 Å². The summed E-state index contributed by atoms with van der Waals surface area (Å²) in [5.74, 6) is -3.05. The molecule has 3 heterocycles. The molecule has 5 rings (SSSR count). The van der Waals surface area contributed by atoms with E-state index >= 15 is 4.39 Å². The van der Waals surface area contributed by atoms with E-state index in [0.29, 0.717) is 23.3 Å². The monoisotopic (exact) mass is 555 g/mol. The van der Waals surface area contributed by atoms with Crippen LogP contribution in [0.1, 0.15) is 41.3 Å². The Morgan fingerprint density at radius 1 is 1.21 bits per heavy atom. The van der Waals surface area contributed by atoms with Crippen molar-refractivity contribution in [2.75, 3.05) is 28.9 Å². The van der Waals surface area contributed by atoms with E-state index < -0.39 is 38.7 Å². The number of ketones is 1. The summed E-state index contributed by atoms with van der Waals surface area (Å²) in [5, 5.41) is 3.79. The highest BCUT2D eigenvalue weighted by molar-refractivity contribution is 7.92. The Bertz CT molecular complexity index is 1610.